The molecule has 23 heavy (non-hydrogen) atoms. The zero-order valence-electron chi connectivity index (χ0n) is 13.1. The van der Waals surface area contributed by atoms with Crippen molar-refractivity contribution in [1.82, 2.24) is 0 Å². The van der Waals surface area contributed by atoms with Crippen molar-refractivity contribution in [1.29, 1.82) is 0 Å². The quantitative estimate of drug-likeness (QED) is 0.444. The van der Waals surface area contributed by atoms with Gasteiger partial charge in [-0.25, -0.2) is 0 Å². The molecular weight excluding hydrogens is 395 g/mol. The molecular formula is C21H17IO. The molecule has 3 aromatic rings. The molecule has 114 valence electrons. The van der Waals surface area contributed by atoms with Gasteiger partial charge in [0.1, 0.15) is 5.75 Å². The number of rotatable bonds is 2. The van der Waals surface area contributed by atoms with E-state index in [1.165, 1.54) is 33.4 Å². The Labute approximate surface area is 151 Å². The van der Waals surface area contributed by atoms with Gasteiger partial charge in [-0.05, 0) is 51.6 Å². The van der Waals surface area contributed by atoms with E-state index in [-0.39, 0.29) is 5.41 Å². The summed E-state index contributed by atoms with van der Waals surface area (Å²) in [6.45, 7) is 4.63. The highest BCUT2D eigenvalue weighted by atomic mass is 127. The normalized spacial score (nSPS) is 14.2. The van der Waals surface area contributed by atoms with Crippen LogP contribution in [0.15, 0.2) is 66.7 Å². The molecule has 3 aromatic carbocycles. The molecule has 2 heteroatoms. The van der Waals surface area contributed by atoms with Crippen molar-refractivity contribution in [3.8, 4) is 28.0 Å². The van der Waals surface area contributed by atoms with Crippen molar-refractivity contribution >= 4 is 23.0 Å². The van der Waals surface area contributed by atoms with Gasteiger partial charge >= 0.3 is 0 Å². The van der Waals surface area contributed by atoms with Crippen molar-refractivity contribution in [2.45, 2.75) is 19.3 Å². The summed E-state index contributed by atoms with van der Waals surface area (Å²) in [5.74, 6) is 0.878. The Morgan fingerprint density at radius 3 is 2.13 bits per heavy atom. The lowest BCUT2D eigenvalue weighted by Gasteiger charge is -2.22. The van der Waals surface area contributed by atoms with Crippen LogP contribution in [0, 0.1) is 0 Å². The summed E-state index contributed by atoms with van der Waals surface area (Å²) in [5.41, 5.74) is 8.08. The monoisotopic (exact) mass is 412 g/mol. The summed E-state index contributed by atoms with van der Waals surface area (Å²) in [7, 11) is 0. The molecule has 0 heterocycles. The Morgan fingerprint density at radius 2 is 1.39 bits per heavy atom. The second-order valence-electron chi connectivity index (χ2n) is 6.53. The van der Waals surface area contributed by atoms with E-state index < -0.39 is 0 Å². The van der Waals surface area contributed by atoms with Crippen molar-refractivity contribution in [3.05, 3.63) is 77.9 Å². The smallest absolute Gasteiger partial charge is 0.192 e. The van der Waals surface area contributed by atoms with Gasteiger partial charge in [-0.3, -0.25) is 0 Å². The second kappa shape index (κ2) is 5.38. The molecule has 0 amide bonds. The zero-order chi connectivity index (χ0) is 16.0. The lowest BCUT2D eigenvalue weighted by Crippen LogP contribution is -2.14. The molecule has 0 aromatic heterocycles. The van der Waals surface area contributed by atoms with Crippen LogP contribution >= 0.6 is 23.0 Å². The molecule has 0 radical (unpaired) electrons. The molecule has 0 bridgehead atoms. The zero-order valence-corrected chi connectivity index (χ0v) is 15.3. The van der Waals surface area contributed by atoms with Crippen LogP contribution in [0.3, 0.4) is 0 Å². The average molecular weight is 412 g/mol. The molecule has 1 nitrogen and oxygen atoms in total. The summed E-state index contributed by atoms with van der Waals surface area (Å²) in [6.07, 6.45) is 0. The van der Waals surface area contributed by atoms with Crippen LogP contribution < -0.4 is 3.07 Å². The molecule has 0 spiro atoms. The lowest BCUT2D eigenvalue weighted by molar-refractivity contribution is 0.660. The van der Waals surface area contributed by atoms with Gasteiger partial charge in [-0.1, -0.05) is 62.4 Å². The number of hydrogen-bond acceptors (Lipinski definition) is 1. The molecule has 0 saturated carbocycles. The SMILES string of the molecule is CC1(C)c2ccccc2-c2ccc(-c3ccc(OI)cc3)cc21. The molecule has 1 aliphatic carbocycles. The van der Waals surface area contributed by atoms with Crippen LogP contribution in [0.4, 0.5) is 0 Å². The molecule has 0 saturated heterocycles. The molecule has 0 atom stereocenters. The summed E-state index contributed by atoms with van der Waals surface area (Å²) in [4.78, 5) is 0. The maximum absolute atomic E-state index is 5.22. The highest BCUT2D eigenvalue weighted by Crippen LogP contribution is 2.49. The number of fused-ring (bicyclic) bond motifs is 3. The van der Waals surface area contributed by atoms with E-state index in [1.807, 2.05) is 35.1 Å². The first-order chi connectivity index (χ1) is 11.1. The highest BCUT2D eigenvalue weighted by molar-refractivity contribution is 14.1. The van der Waals surface area contributed by atoms with Gasteiger partial charge in [0.2, 0.25) is 0 Å². The highest BCUT2D eigenvalue weighted by Gasteiger charge is 2.35. The average Bonchev–Trinajstić information content (AvgIpc) is 2.83. The number of halogens is 1. The molecule has 0 aliphatic heterocycles. The lowest BCUT2D eigenvalue weighted by atomic mass is 9.81. The van der Waals surface area contributed by atoms with Crippen LogP contribution in [0.5, 0.6) is 5.75 Å². The molecule has 1 aliphatic rings. The van der Waals surface area contributed by atoms with Crippen molar-refractivity contribution in [2.75, 3.05) is 0 Å². The Hall–Kier alpha value is -1.81. The van der Waals surface area contributed by atoms with Gasteiger partial charge < -0.3 is 3.07 Å². The fraction of sp³-hybridized carbons (Fsp3) is 0.143. The minimum Gasteiger partial charge on any atom is -0.428 e. The van der Waals surface area contributed by atoms with Crippen LogP contribution in [-0.2, 0) is 5.41 Å². The van der Waals surface area contributed by atoms with Gasteiger partial charge in [0, 0.05) is 5.41 Å². The summed E-state index contributed by atoms with van der Waals surface area (Å²) >= 11 is 1.91. The predicted molar refractivity (Wildman–Crippen MR) is 104 cm³/mol. The first kappa shape index (κ1) is 14.8. The van der Waals surface area contributed by atoms with E-state index in [2.05, 4.69) is 68.4 Å². The van der Waals surface area contributed by atoms with Gasteiger partial charge in [0.05, 0.1) is 0 Å². The van der Waals surface area contributed by atoms with E-state index in [0.717, 1.165) is 5.75 Å². The third kappa shape index (κ3) is 2.27. The van der Waals surface area contributed by atoms with Crippen LogP contribution in [0.1, 0.15) is 25.0 Å². The number of benzene rings is 3. The van der Waals surface area contributed by atoms with Gasteiger partial charge in [-0.2, -0.15) is 0 Å². The van der Waals surface area contributed by atoms with Crippen molar-refractivity contribution < 1.29 is 3.07 Å². The van der Waals surface area contributed by atoms with Crippen molar-refractivity contribution in [3.63, 3.8) is 0 Å². The predicted octanol–water partition coefficient (Wildman–Crippen LogP) is 6.39. The van der Waals surface area contributed by atoms with E-state index >= 15 is 0 Å². The largest absolute Gasteiger partial charge is 0.428 e. The summed E-state index contributed by atoms with van der Waals surface area (Å²) in [6, 6.07) is 23.8. The van der Waals surface area contributed by atoms with Crippen LogP contribution in [0.2, 0.25) is 0 Å². The maximum atomic E-state index is 5.22. The molecule has 0 unspecified atom stereocenters. The van der Waals surface area contributed by atoms with Gasteiger partial charge in [-0.15, -0.1) is 0 Å². The van der Waals surface area contributed by atoms with Crippen molar-refractivity contribution in [2.24, 2.45) is 0 Å². The Morgan fingerprint density at radius 1 is 0.739 bits per heavy atom. The Bertz CT molecular complexity index is 879. The molecule has 0 N–H and O–H groups in total. The van der Waals surface area contributed by atoms with E-state index in [0.29, 0.717) is 0 Å². The van der Waals surface area contributed by atoms with E-state index in [9.17, 15) is 0 Å². The molecule has 4 rings (SSSR count). The maximum Gasteiger partial charge on any atom is 0.192 e. The van der Waals surface area contributed by atoms with Crippen LogP contribution in [-0.4, -0.2) is 0 Å². The van der Waals surface area contributed by atoms with Crippen LogP contribution in [0.25, 0.3) is 22.3 Å². The van der Waals surface area contributed by atoms with E-state index in [1.54, 1.807) is 0 Å². The second-order valence-corrected chi connectivity index (χ2v) is 6.97. The Kier molecular flexibility index (Phi) is 3.45. The minimum absolute atomic E-state index is 0.0488. The standard InChI is InChI=1S/C21H17IO/c1-21(2)19-6-4-3-5-17(19)18-12-9-15(13-20(18)21)14-7-10-16(23-22)11-8-14/h3-13H,1-2H3. The summed E-state index contributed by atoms with van der Waals surface area (Å²) in [5, 5.41) is 0. The fourth-order valence-corrected chi connectivity index (χ4v) is 3.88. The van der Waals surface area contributed by atoms with Gasteiger partial charge in [0.15, 0.2) is 23.0 Å². The fourth-order valence-electron chi connectivity index (χ4n) is 3.58. The minimum atomic E-state index is 0.0488. The molecule has 0 fully saturated rings. The van der Waals surface area contributed by atoms with E-state index in [4.69, 9.17) is 3.07 Å². The number of hydrogen-bond donors (Lipinski definition) is 0. The summed E-state index contributed by atoms with van der Waals surface area (Å²) < 4.78 is 5.22. The third-order valence-electron chi connectivity index (χ3n) is 4.86. The van der Waals surface area contributed by atoms with Gasteiger partial charge in [0.25, 0.3) is 0 Å². The first-order valence-corrected chi connectivity index (χ1v) is 8.63. The topological polar surface area (TPSA) is 9.23 Å². The third-order valence-corrected chi connectivity index (χ3v) is 5.37. The Balaban J connectivity index is 1.85. The first-order valence-electron chi connectivity index (χ1n) is 7.75.